The Morgan fingerprint density at radius 1 is 1.04 bits per heavy atom. The Balaban J connectivity index is 1.31. The number of nitrogens with zero attached hydrogens (tertiary/aromatic N) is 3. The molecule has 0 aliphatic carbocycles. The molecule has 2 aliphatic rings. The molecular formula is C20H30ClN3O2. The van der Waals surface area contributed by atoms with Crippen LogP contribution in [0.5, 0.6) is 5.75 Å². The van der Waals surface area contributed by atoms with Crippen LogP contribution in [-0.2, 0) is 4.79 Å². The second kappa shape index (κ2) is 9.58. The van der Waals surface area contributed by atoms with Crippen molar-refractivity contribution in [3.05, 3.63) is 29.3 Å². The number of carbonyl (C=O) groups excluding carboxylic acids is 1. The maximum atomic E-state index is 12.4. The van der Waals surface area contributed by atoms with E-state index in [-0.39, 0.29) is 0 Å². The summed E-state index contributed by atoms with van der Waals surface area (Å²) in [7, 11) is 0. The topological polar surface area (TPSA) is 36.0 Å². The largest absolute Gasteiger partial charge is 0.492 e. The normalized spacial score (nSPS) is 20.3. The Bertz CT molecular complexity index is 565. The summed E-state index contributed by atoms with van der Waals surface area (Å²) >= 11 is 5.88. The minimum atomic E-state index is 0.302. The highest BCUT2D eigenvalue weighted by Crippen LogP contribution is 2.17. The van der Waals surface area contributed by atoms with E-state index >= 15 is 0 Å². The van der Waals surface area contributed by atoms with Crippen molar-refractivity contribution < 1.29 is 9.53 Å². The number of ether oxygens (including phenoxy) is 1. The number of hydrogen-bond acceptors (Lipinski definition) is 4. The molecule has 1 aromatic carbocycles. The maximum absolute atomic E-state index is 12.4. The zero-order chi connectivity index (χ0) is 18.4. The SMILES string of the molecule is CC1CCN(C(=O)CN2CCN(CCOc3ccc(Cl)cc3)CC2)CC1. The fourth-order valence-corrected chi connectivity index (χ4v) is 3.67. The zero-order valence-electron chi connectivity index (χ0n) is 15.7. The van der Waals surface area contributed by atoms with Crippen LogP contribution in [0.3, 0.4) is 0 Å². The fraction of sp³-hybridized carbons (Fsp3) is 0.650. The van der Waals surface area contributed by atoms with Gasteiger partial charge in [-0.15, -0.1) is 0 Å². The Labute approximate surface area is 161 Å². The van der Waals surface area contributed by atoms with Crippen molar-refractivity contribution in [1.29, 1.82) is 0 Å². The summed E-state index contributed by atoms with van der Waals surface area (Å²) in [4.78, 5) is 19.2. The third kappa shape index (κ3) is 5.86. The lowest BCUT2D eigenvalue weighted by Gasteiger charge is -2.36. The Kier molecular flexibility index (Phi) is 7.17. The van der Waals surface area contributed by atoms with E-state index < -0.39 is 0 Å². The fourth-order valence-electron chi connectivity index (χ4n) is 3.54. The van der Waals surface area contributed by atoms with Gasteiger partial charge in [-0.2, -0.15) is 0 Å². The molecule has 2 saturated heterocycles. The number of hydrogen-bond donors (Lipinski definition) is 0. The van der Waals surface area contributed by atoms with Crippen molar-refractivity contribution in [2.75, 3.05) is 59.0 Å². The van der Waals surface area contributed by atoms with Gasteiger partial charge in [-0.05, 0) is 43.0 Å². The highest BCUT2D eigenvalue weighted by Gasteiger charge is 2.24. The Hall–Kier alpha value is -1.30. The van der Waals surface area contributed by atoms with E-state index in [1.807, 2.05) is 29.2 Å². The highest BCUT2D eigenvalue weighted by atomic mass is 35.5. The van der Waals surface area contributed by atoms with Crippen molar-refractivity contribution in [2.45, 2.75) is 19.8 Å². The summed E-state index contributed by atoms with van der Waals surface area (Å²) in [5, 5.41) is 0.724. The van der Waals surface area contributed by atoms with Crippen LogP contribution >= 0.6 is 11.6 Å². The summed E-state index contributed by atoms with van der Waals surface area (Å²) in [5.74, 6) is 1.92. The van der Waals surface area contributed by atoms with E-state index in [1.54, 1.807) is 0 Å². The molecule has 1 amide bonds. The van der Waals surface area contributed by atoms with Gasteiger partial charge in [-0.3, -0.25) is 14.6 Å². The van der Waals surface area contributed by atoms with Crippen LogP contribution in [0.4, 0.5) is 0 Å². The zero-order valence-corrected chi connectivity index (χ0v) is 16.5. The van der Waals surface area contributed by atoms with Gasteiger partial charge in [0, 0.05) is 50.8 Å². The molecule has 6 heteroatoms. The van der Waals surface area contributed by atoms with Gasteiger partial charge in [0.25, 0.3) is 0 Å². The molecule has 0 radical (unpaired) electrons. The number of benzene rings is 1. The number of likely N-dealkylation sites (tertiary alicyclic amines) is 1. The van der Waals surface area contributed by atoms with Crippen LogP contribution in [-0.4, -0.2) is 79.6 Å². The standard InChI is InChI=1S/C20H30ClN3O2/c1-17-6-8-24(9-7-17)20(25)16-23-12-10-22(11-13-23)14-15-26-19-4-2-18(21)3-5-19/h2-5,17H,6-16H2,1H3. The molecular weight excluding hydrogens is 350 g/mol. The molecule has 0 bridgehead atoms. The summed E-state index contributed by atoms with van der Waals surface area (Å²) < 4.78 is 5.77. The van der Waals surface area contributed by atoms with Crippen LogP contribution in [0.2, 0.25) is 5.02 Å². The van der Waals surface area contributed by atoms with Gasteiger partial charge >= 0.3 is 0 Å². The molecule has 0 spiro atoms. The van der Waals surface area contributed by atoms with Crippen molar-refractivity contribution in [3.8, 4) is 5.75 Å². The molecule has 2 aliphatic heterocycles. The maximum Gasteiger partial charge on any atom is 0.236 e. The number of amides is 1. The lowest BCUT2D eigenvalue weighted by Crippen LogP contribution is -2.51. The van der Waals surface area contributed by atoms with Gasteiger partial charge < -0.3 is 9.64 Å². The second-order valence-corrected chi connectivity index (χ2v) is 7.92. The van der Waals surface area contributed by atoms with Crippen molar-refractivity contribution >= 4 is 17.5 Å². The first-order chi connectivity index (χ1) is 12.6. The molecule has 0 unspecified atom stereocenters. The summed E-state index contributed by atoms with van der Waals surface area (Å²) in [6.07, 6.45) is 2.29. The lowest BCUT2D eigenvalue weighted by molar-refractivity contribution is -0.134. The molecule has 0 saturated carbocycles. The van der Waals surface area contributed by atoms with E-state index in [0.717, 1.165) is 75.3 Å². The Morgan fingerprint density at radius 3 is 2.31 bits per heavy atom. The van der Waals surface area contributed by atoms with Crippen LogP contribution in [0, 0.1) is 5.92 Å². The summed E-state index contributed by atoms with van der Waals surface area (Å²) in [5.41, 5.74) is 0. The lowest BCUT2D eigenvalue weighted by atomic mass is 9.99. The van der Waals surface area contributed by atoms with Gasteiger partial charge in [0.2, 0.25) is 5.91 Å². The van der Waals surface area contributed by atoms with E-state index in [1.165, 1.54) is 0 Å². The molecule has 0 atom stereocenters. The highest BCUT2D eigenvalue weighted by molar-refractivity contribution is 6.30. The molecule has 26 heavy (non-hydrogen) atoms. The third-order valence-corrected chi connectivity index (χ3v) is 5.70. The van der Waals surface area contributed by atoms with E-state index in [9.17, 15) is 4.79 Å². The first kappa shape index (κ1) is 19.5. The van der Waals surface area contributed by atoms with Gasteiger partial charge in [0.1, 0.15) is 12.4 Å². The molecule has 3 rings (SSSR count). The first-order valence-electron chi connectivity index (χ1n) is 9.71. The third-order valence-electron chi connectivity index (χ3n) is 5.45. The van der Waals surface area contributed by atoms with Crippen LogP contribution < -0.4 is 4.74 Å². The van der Waals surface area contributed by atoms with Crippen molar-refractivity contribution in [3.63, 3.8) is 0 Å². The van der Waals surface area contributed by atoms with E-state index in [4.69, 9.17) is 16.3 Å². The van der Waals surface area contributed by atoms with Gasteiger partial charge in [0.05, 0.1) is 6.54 Å². The molecule has 0 N–H and O–H groups in total. The first-order valence-corrected chi connectivity index (χ1v) is 10.1. The van der Waals surface area contributed by atoms with E-state index in [0.29, 0.717) is 19.1 Å². The predicted molar refractivity (Wildman–Crippen MR) is 105 cm³/mol. The number of piperazine rings is 1. The van der Waals surface area contributed by atoms with Crippen molar-refractivity contribution in [1.82, 2.24) is 14.7 Å². The number of halogens is 1. The van der Waals surface area contributed by atoms with Crippen molar-refractivity contribution in [2.24, 2.45) is 5.92 Å². The molecule has 2 heterocycles. The molecule has 5 nitrogen and oxygen atoms in total. The number of piperidine rings is 1. The van der Waals surface area contributed by atoms with E-state index in [2.05, 4.69) is 16.7 Å². The van der Waals surface area contributed by atoms with Crippen LogP contribution in [0.1, 0.15) is 19.8 Å². The molecule has 0 aromatic heterocycles. The molecule has 2 fully saturated rings. The van der Waals surface area contributed by atoms with Gasteiger partial charge in [-0.1, -0.05) is 18.5 Å². The average Bonchev–Trinajstić information content (AvgIpc) is 2.65. The molecule has 144 valence electrons. The number of rotatable bonds is 6. The molecule has 1 aromatic rings. The predicted octanol–water partition coefficient (Wildman–Crippen LogP) is 2.59. The monoisotopic (exact) mass is 379 g/mol. The summed E-state index contributed by atoms with van der Waals surface area (Å²) in [6, 6.07) is 7.48. The summed E-state index contributed by atoms with van der Waals surface area (Å²) in [6.45, 7) is 10.2. The number of carbonyl (C=O) groups is 1. The smallest absolute Gasteiger partial charge is 0.236 e. The Morgan fingerprint density at radius 2 is 1.65 bits per heavy atom. The quantitative estimate of drug-likeness (QED) is 0.761. The van der Waals surface area contributed by atoms with Crippen LogP contribution in [0.25, 0.3) is 0 Å². The van der Waals surface area contributed by atoms with Gasteiger partial charge in [-0.25, -0.2) is 0 Å². The minimum absolute atomic E-state index is 0.302. The van der Waals surface area contributed by atoms with Crippen LogP contribution in [0.15, 0.2) is 24.3 Å². The average molecular weight is 380 g/mol. The minimum Gasteiger partial charge on any atom is -0.492 e. The second-order valence-electron chi connectivity index (χ2n) is 7.48. The van der Waals surface area contributed by atoms with Gasteiger partial charge in [0.15, 0.2) is 0 Å².